The van der Waals surface area contributed by atoms with E-state index in [-0.39, 0.29) is 10.6 Å². The second-order valence-corrected chi connectivity index (χ2v) is 12.0. The Kier molecular flexibility index (Phi) is 6.61. The lowest BCUT2D eigenvalue weighted by molar-refractivity contribution is -0.140. The zero-order chi connectivity index (χ0) is 25.3. The maximum Gasteiger partial charge on any atom is 0.325 e. The van der Waals surface area contributed by atoms with Gasteiger partial charge in [-0.1, -0.05) is 66.2 Å². The molecule has 0 saturated heterocycles. The van der Waals surface area contributed by atoms with Gasteiger partial charge >= 0.3 is 5.97 Å². The van der Waals surface area contributed by atoms with Crippen molar-refractivity contribution in [2.45, 2.75) is 28.7 Å². The van der Waals surface area contributed by atoms with Gasteiger partial charge in [0.05, 0.1) is 0 Å². The molecule has 0 amide bonds. The molecular weight excluding hydrogens is 518 g/mol. The first kappa shape index (κ1) is 24.5. The number of carboxylic acid groups (broad SMARTS) is 1. The minimum Gasteiger partial charge on any atom is -0.489 e. The molecule has 0 radical (unpaired) electrons. The highest BCUT2D eigenvalue weighted by Crippen LogP contribution is 2.53. The summed E-state index contributed by atoms with van der Waals surface area (Å²) in [6.45, 7) is 0.375. The van der Waals surface area contributed by atoms with Crippen LogP contribution in [-0.2, 0) is 21.4 Å². The Bertz CT molecular complexity index is 1500. The predicted molar refractivity (Wildman–Crippen MR) is 140 cm³/mol. The fraction of sp³-hybridized carbons (Fsp3) is 0.148. The fourth-order valence-corrected chi connectivity index (χ4v) is 6.99. The normalized spacial score (nSPS) is 19.1. The Balaban J connectivity index is 1.33. The van der Waals surface area contributed by atoms with Crippen LogP contribution in [0.4, 0.5) is 0 Å². The number of sulfonamides is 1. The van der Waals surface area contributed by atoms with Crippen LogP contribution in [0.5, 0.6) is 5.75 Å². The van der Waals surface area contributed by atoms with Gasteiger partial charge in [-0.05, 0) is 59.5 Å². The molecule has 0 bridgehead atoms. The average molecular weight is 540 g/mol. The van der Waals surface area contributed by atoms with Crippen molar-refractivity contribution >= 4 is 38.9 Å². The van der Waals surface area contributed by atoms with Gasteiger partial charge in [-0.25, -0.2) is 8.42 Å². The smallest absolute Gasteiger partial charge is 0.325 e. The van der Waals surface area contributed by atoms with Gasteiger partial charge in [-0.15, -0.1) is 11.3 Å². The Morgan fingerprint density at radius 1 is 1.03 bits per heavy atom. The number of thiophene rings is 1. The summed E-state index contributed by atoms with van der Waals surface area (Å²) in [6.07, 6.45) is 0.152. The summed E-state index contributed by atoms with van der Waals surface area (Å²) in [4.78, 5) is 13.0. The number of hydrogen-bond donors (Lipinski definition) is 2. The summed E-state index contributed by atoms with van der Waals surface area (Å²) in [5, 5.41) is 10.6. The van der Waals surface area contributed by atoms with E-state index in [4.69, 9.17) is 16.3 Å². The highest BCUT2D eigenvalue weighted by Gasteiger charge is 2.63. The summed E-state index contributed by atoms with van der Waals surface area (Å²) in [5.41, 5.74) is 0.936. The van der Waals surface area contributed by atoms with Crippen molar-refractivity contribution in [3.05, 3.63) is 107 Å². The van der Waals surface area contributed by atoms with Gasteiger partial charge in [0, 0.05) is 15.8 Å². The van der Waals surface area contributed by atoms with Crippen LogP contribution < -0.4 is 9.46 Å². The summed E-state index contributed by atoms with van der Waals surface area (Å²) in [7, 11) is -4.06. The number of halogens is 1. The summed E-state index contributed by atoms with van der Waals surface area (Å²) < 4.78 is 34.8. The first-order valence-electron chi connectivity index (χ1n) is 11.2. The number of nitrogens with one attached hydrogen (secondary N) is 1. The standard InChI is InChI=1S/C27H22ClNO5S2/c28-21-11-9-19(10-12-21)24-13-14-25(35-24)36(32,33)29-27(26(30)31)16-23(27)20-7-4-8-22(15-20)34-17-18-5-2-1-3-6-18/h1-15,23,29H,16-17H2,(H,30,31)/t23-,27?/m0/s1. The second kappa shape index (κ2) is 9.71. The van der Waals surface area contributed by atoms with Crippen LogP contribution >= 0.6 is 22.9 Å². The van der Waals surface area contributed by atoms with Gasteiger partial charge in [0.15, 0.2) is 0 Å². The molecule has 1 saturated carbocycles. The van der Waals surface area contributed by atoms with Crippen LogP contribution in [0.2, 0.25) is 5.02 Å². The van der Waals surface area contributed by atoms with Crippen LogP contribution in [0, 0.1) is 0 Å². The van der Waals surface area contributed by atoms with Gasteiger partial charge in [0.2, 0.25) is 0 Å². The lowest BCUT2D eigenvalue weighted by Gasteiger charge is -2.15. The highest BCUT2D eigenvalue weighted by molar-refractivity contribution is 7.91. The number of aliphatic carboxylic acids is 1. The third-order valence-electron chi connectivity index (χ3n) is 6.14. The molecule has 184 valence electrons. The Morgan fingerprint density at radius 3 is 2.50 bits per heavy atom. The minimum absolute atomic E-state index is 0.0543. The maximum absolute atomic E-state index is 13.2. The molecule has 1 aliphatic carbocycles. The summed E-state index contributed by atoms with van der Waals surface area (Å²) in [5.74, 6) is -1.13. The van der Waals surface area contributed by atoms with E-state index in [0.29, 0.717) is 22.9 Å². The highest BCUT2D eigenvalue weighted by atomic mass is 35.5. The first-order chi connectivity index (χ1) is 17.3. The van der Waals surface area contributed by atoms with E-state index >= 15 is 0 Å². The molecule has 5 rings (SSSR count). The molecule has 0 aliphatic heterocycles. The van der Waals surface area contributed by atoms with Crippen molar-refractivity contribution in [3.63, 3.8) is 0 Å². The van der Waals surface area contributed by atoms with Crippen molar-refractivity contribution in [2.75, 3.05) is 0 Å². The molecule has 6 nitrogen and oxygen atoms in total. The van der Waals surface area contributed by atoms with Crippen LogP contribution in [0.3, 0.4) is 0 Å². The molecule has 4 aromatic rings. The third kappa shape index (κ3) is 5.03. The van der Waals surface area contributed by atoms with Crippen molar-refractivity contribution in [2.24, 2.45) is 0 Å². The second-order valence-electron chi connectivity index (χ2n) is 8.61. The molecule has 2 atom stereocenters. The lowest BCUT2D eigenvalue weighted by Crippen LogP contribution is -2.44. The van der Waals surface area contributed by atoms with E-state index < -0.39 is 27.4 Å². The van der Waals surface area contributed by atoms with Gasteiger partial charge in [-0.2, -0.15) is 4.72 Å². The number of ether oxygens (including phenoxy) is 1. The van der Waals surface area contributed by atoms with Crippen molar-refractivity contribution in [1.29, 1.82) is 0 Å². The molecule has 1 aromatic heterocycles. The molecular formula is C27H22ClNO5S2. The van der Waals surface area contributed by atoms with Crippen molar-refractivity contribution in [3.8, 4) is 16.2 Å². The molecule has 3 aromatic carbocycles. The zero-order valence-electron chi connectivity index (χ0n) is 18.9. The van der Waals surface area contributed by atoms with Crippen LogP contribution in [0.15, 0.2) is 95.2 Å². The van der Waals surface area contributed by atoms with E-state index in [1.807, 2.05) is 30.3 Å². The molecule has 36 heavy (non-hydrogen) atoms. The Labute approximate surface area is 218 Å². The third-order valence-corrected chi connectivity index (χ3v) is 9.53. The number of rotatable bonds is 9. The first-order valence-corrected chi connectivity index (χ1v) is 13.8. The Hall–Kier alpha value is -3.17. The van der Waals surface area contributed by atoms with Crippen molar-refractivity contribution in [1.82, 2.24) is 4.72 Å². The van der Waals surface area contributed by atoms with Gasteiger partial charge < -0.3 is 9.84 Å². The zero-order valence-corrected chi connectivity index (χ0v) is 21.3. The largest absolute Gasteiger partial charge is 0.489 e. The van der Waals surface area contributed by atoms with E-state index in [1.54, 1.807) is 54.6 Å². The van der Waals surface area contributed by atoms with E-state index in [9.17, 15) is 18.3 Å². The summed E-state index contributed by atoms with van der Waals surface area (Å²) >= 11 is 7.02. The molecule has 1 unspecified atom stereocenters. The van der Waals surface area contributed by atoms with Crippen molar-refractivity contribution < 1.29 is 23.1 Å². The van der Waals surface area contributed by atoms with Gasteiger partial charge in [0.25, 0.3) is 10.0 Å². The number of carbonyl (C=O) groups is 1. The Morgan fingerprint density at radius 2 is 1.78 bits per heavy atom. The number of carboxylic acids is 1. The molecule has 9 heteroatoms. The topological polar surface area (TPSA) is 92.7 Å². The predicted octanol–water partition coefficient (Wildman–Crippen LogP) is 5.94. The van der Waals surface area contributed by atoms with E-state index in [0.717, 1.165) is 27.3 Å². The SMILES string of the molecule is O=C(O)C1(NS(=O)(=O)c2ccc(-c3ccc(Cl)cc3)s2)C[C@H]1c1cccc(OCc2ccccc2)c1. The molecule has 2 N–H and O–H groups in total. The average Bonchev–Trinajstić information content (AvgIpc) is 3.37. The van der Waals surface area contributed by atoms with Gasteiger partial charge in [-0.3, -0.25) is 4.79 Å². The monoisotopic (exact) mass is 539 g/mol. The summed E-state index contributed by atoms with van der Waals surface area (Å²) in [6, 6.07) is 27.1. The molecule has 1 aliphatic rings. The number of benzene rings is 3. The minimum atomic E-state index is -4.06. The molecule has 1 fully saturated rings. The molecule has 0 spiro atoms. The van der Waals surface area contributed by atoms with Gasteiger partial charge in [0.1, 0.15) is 22.1 Å². The van der Waals surface area contributed by atoms with Crippen LogP contribution in [0.25, 0.3) is 10.4 Å². The number of hydrogen-bond acceptors (Lipinski definition) is 5. The lowest BCUT2D eigenvalue weighted by atomic mass is 10.1. The quantitative estimate of drug-likeness (QED) is 0.275. The van der Waals surface area contributed by atoms with E-state index in [2.05, 4.69) is 4.72 Å². The van der Waals surface area contributed by atoms with Crippen LogP contribution in [0.1, 0.15) is 23.5 Å². The maximum atomic E-state index is 13.2. The molecule has 1 heterocycles. The van der Waals surface area contributed by atoms with Crippen LogP contribution in [-0.4, -0.2) is 25.0 Å². The van der Waals surface area contributed by atoms with E-state index in [1.165, 1.54) is 6.07 Å². The fourth-order valence-electron chi connectivity index (χ4n) is 4.14.